The summed E-state index contributed by atoms with van der Waals surface area (Å²) in [5.41, 5.74) is 1.02. The Morgan fingerprint density at radius 2 is 2.12 bits per heavy atom. The molecule has 0 aliphatic heterocycles. The third-order valence-electron chi connectivity index (χ3n) is 2.41. The summed E-state index contributed by atoms with van der Waals surface area (Å²) < 4.78 is 2.19. The van der Waals surface area contributed by atoms with E-state index in [1.54, 1.807) is 11.3 Å². The molecule has 0 bridgehead atoms. The monoisotopic (exact) mass is 374 g/mol. The third-order valence-corrected chi connectivity index (χ3v) is 4.93. The van der Waals surface area contributed by atoms with Gasteiger partial charge in [0, 0.05) is 26.3 Å². The number of aryl methyl sites for hydroxylation is 1. The van der Waals surface area contributed by atoms with Crippen molar-refractivity contribution in [1.82, 2.24) is 4.98 Å². The highest BCUT2D eigenvalue weighted by Gasteiger charge is 2.06. The summed E-state index contributed by atoms with van der Waals surface area (Å²) >= 11 is 8.69. The van der Waals surface area contributed by atoms with E-state index in [1.165, 1.54) is 4.88 Å². The van der Waals surface area contributed by atoms with Gasteiger partial charge >= 0.3 is 0 Å². The fourth-order valence-electron chi connectivity index (χ4n) is 1.49. The number of rotatable bonds is 3. The van der Waals surface area contributed by atoms with Crippen LogP contribution in [0.4, 0.5) is 5.82 Å². The van der Waals surface area contributed by atoms with Gasteiger partial charge in [-0.15, -0.1) is 11.3 Å². The maximum absolute atomic E-state index is 4.55. The maximum Gasteiger partial charge on any atom is 0.128 e. The van der Waals surface area contributed by atoms with E-state index in [0.717, 1.165) is 27.0 Å². The standard InChI is InChI=1S/C12H12Br2N2S/c1-8-11(14)3-4-12(15-8)16(2)6-10-5-9(13)7-17-10/h3-5,7H,6H2,1-2H3. The summed E-state index contributed by atoms with van der Waals surface area (Å²) in [5.74, 6) is 0.996. The molecule has 2 heterocycles. The van der Waals surface area contributed by atoms with Crippen molar-refractivity contribution < 1.29 is 0 Å². The van der Waals surface area contributed by atoms with E-state index in [1.807, 2.05) is 19.1 Å². The highest BCUT2D eigenvalue weighted by atomic mass is 79.9. The Balaban J connectivity index is 2.14. The molecule has 2 aromatic heterocycles. The second-order valence-electron chi connectivity index (χ2n) is 3.82. The fourth-order valence-corrected chi connectivity index (χ4v) is 3.22. The lowest BCUT2D eigenvalue weighted by Gasteiger charge is -2.17. The number of thiophene rings is 1. The zero-order valence-electron chi connectivity index (χ0n) is 9.58. The fraction of sp³-hybridized carbons (Fsp3) is 0.250. The van der Waals surface area contributed by atoms with Gasteiger partial charge < -0.3 is 4.90 Å². The number of nitrogens with zero attached hydrogens (tertiary/aromatic N) is 2. The number of anilines is 1. The van der Waals surface area contributed by atoms with Crippen molar-refractivity contribution in [3.8, 4) is 0 Å². The van der Waals surface area contributed by atoms with Gasteiger partial charge in [0.2, 0.25) is 0 Å². The minimum absolute atomic E-state index is 0.879. The first-order valence-corrected chi connectivity index (χ1v) is 7.60. The van der Waals surface area contributed by atoms with Crippen molar-refractivity contribution in [2.75, 3.05) is 11.9 Å². The van der Waals surface area contributed by atoms with E-state index in [4.69, 9.17) is 0 Å². The van der Waals surface area contributed by atoms with Gasteiger partial charge in [-0.05, 0) is 57.0 Å². The van der Waals surface area contributed by atoms with Crippen LogP contribution in [0, 0.1) is 6.92 Å². The van der Waals surface area contributed by atoms with E-state index in [9.17, 15) is 0 Å². The van der Waals surface area contributed by atoms with Crippen LogP contribution >= 0.6 is 43.2 Å². The second-order valence-corrected chi connectivity index (χ2v) is 6.59. The Morgan fingerprint density at radius 3 is 2.71 bits per heavy atom. The van der Waals surface area contributed by atoms with Crippen LogP contribution in [-0.2, 0) is 6.54 Å². The maximum atomic E-state index is 4.55. The number of hydrogen-bond donors (Lipinski definition) is 0. The minimum Gasteiger partial charge on any atom is -0.355 e. The molecule has 0 aliphatic rings. The molecule has 0 unspecified atom stereocenters. The molecule has 0 N–H and O–H groups in total. The molecule has 0 aromatic carbocycles. The summed E-state index contributed by atoms with van der Waals surface area (Å²) in [4.78, 5) is 8.02. The van der Waals surface area contributed by atoms with Crippen molar-refractivity contribution in [1.29, 1.82) is 0 Å². The molecule has 2 nitrogen and oxygen atoms in total. The van der Waals surface area contributed by atoms with Gasteiger partial charge in [-0.3, -0.25) is 0 Å². The predicted octanol–water partition coefficient (Wildman–Crippen LogP) is 4.61. The molecule has 2 rings (SSSR count). The molecule has 0 spiro atoms. The SMILES string of the molecule is Cc1nc(N(C)Cc2cc(Br)cs2)ccc1Br. The smallest absolute Gasteiger partial charge is 0.128 e. The number of aromatic nitrogens is 1. The van der Waals surface area contributed by atoms with E-state index in [0.29, 0.717) is 0 Å². The second kappa shape index (κ2) is 5.50. The molecule has 0 saturated heterocycles. The topological polar surface area (TPSA) is 16.1 Å². The third kappa shape index (κ3) is 3.30. The molecule has 5 heteroatoms. The van der Waals surface area contributed by atoms with E-state index < -0.39 is 0 Å². The molecular weight excluding hydrogens is 364 g/mol. The zero-order valence-corrected chi connectivity index (χ0v) is 13.6. The average molecular weight is 376 g/mol. The molecule has 0 saturated carbocycles. The molecule has 90 valence electrons. The quantitative estimate of drug-likeness (QED) is 0.778. The molecule has 17 heavy (non-hydrogen) atoms. The summed E-state index contributed by atoms with van der Waals surface area (Å²) in [7, 11) is 2.06. The first kappa shape index (κ1) is 13.1. The van der Waals surface area contributed by atoms with Crippen molar-refractivity contribution in [2.24, 2.45) is 0 Å². The van der Waals surface area contributed by atoms with Gasteiger partial charge in [-0.25, -0.2) is 4.98 Å². The van der Waals surface area contributed by atoms with Crippen LogP contribution in [0.2, 0.25) is 0 Å². The Labute approximate surface area is 122 Å². The molecule has 0 fully saturated rings. The van der Waals surface area contributed by atoms with Crippen molar-refractivity contribution in [3.05, 3.63) is 43.1 Å². The normalized spacial score (nSPS) is 10.6. The Hall–Kier alpha value is -0.390. The molecule has 0 atom stereocenters. The largest absolute Gasteiger partial charge is 0.355 e. The van der Waals surface area contributed by atoms with Crippen LogP contribution in [0.1, 0.15) is 10.6 Å². The van der Waals surface area contributed by atoms with Gasteiger partial charge in [0.05, 0.1) is 12.2 Å². The van der Waals surface area contributed by atoms with Crippen molar-refractivity contribution in [3.63, 3.8) is 0 Å². The molecular formula is C12H12Br2N2S. The summed E-state index contributed by atoms with van der Waals surface area (Å²) in [6, 6.07) is 6.21. The Bertz CT molecular complexity index is 525. The van der Waals surface area contributed by atoms with Gasteiger partial charge in [0.15, 0.2) is 0 Å². The van der Waals surface area contributed by atoms with Crippen LogP contribution in [0.15, 0.2) is 32.5 Å². The number of halogens is 2. The molecule has 2 aromatic rings. The van der Waals surface area contributed by atoms with Crippen molar-refractivity contribution >= 4 is 49.0 Å². The van der Waals surface area contributed by atoms with Crippen LogP contribution in [0.25, 0.3) is 0 Å². The van der Waals surface area contributed by atoms with Gasteiger partial charge in [-0.1, -0.05) is 0 Å². The Morgan fingerprint density at radius 1 is 1.35 bits per heavy atom. The zero-order chi connectivity index (χ0) is 12.4. The summed E-state index contributed by atoms with van der Waals surface area (Å²) in [5, 5.41) is 2.10. The van der Waals surface area contributed by atoms with Crippen LogP contribution in [-0.4, -0.2) is 12.0 Å². The lowest BCUT2D eigenvalue weighted by Crippen LogP contribution is -2.17. The molecule has 0 amide bonds. The van der Waals surface area contributed by atoms with E-state index >= 15 is 0 Å². The van der Waals surface area contributed by atoms with E-state index in [-0.39, 0.29) is 0 Å². The Kier molecular flexibility index (Phi) is 4.22. The molecule has 0 aliphatic carbocycles. The predicted molar refractivity (Wildman–Crippen MR) is 80.8 cm³/mol. The van der Waals surface area contributed by atoms with Crippen molar-refractivity contribution in [2.45, 2.75) is 13.5 Å². The van der Waals surface area contributed by atoms with Crippen LogP contribution in [0.5, 0.6) is 0 Å². The minimum atomic E-state index is 0.879. The van der Waals surface area contributed by atoms with E-state index in [2.05, 4.69) is 60.2 Å². The first-order chi connectivity index (χ1) is 8.06. The number of hydrogen-bond acceptors (Lipinski definition) is 3. The molecule has 0 radical (unpaired) electrons. The summed E-state index contributed by atoms with van der Waals surface area (Å²) in [6.45, 7) is 2.88. The summed E-state index contributed by atoms with van der Waals surface area (Å²) in [6.07, 6.45) is 0. The van der Waals surface area contributed by atoms with Crippen LogP contribution in [0.3, 0.4) is 0 Å². The highest BCUT2D eigenvalue weighted by Crippen LogP contribution is 2.23. The van der Waals surface area contributed by atoms with Gasteiger partial charge in [-0.2, -0.15) is 0 Å². The van der Waals surface area contributed by atoms with Crippen LogP contribution < -0.4 is 4.90 Å². The van der Waals surface area contributed by atoms with Gasteiger partial charge in [0.25, 0.3) is 0 Å². The van der Waals surface area contributed by atoms with Gasteiger partial charge in [0.1, 0.15) is 5.82 Å². The lowest BCUT2D eigenvalue weighted by molar-refractivity contribution is 0.904. The average Bonchev–Trinajstić information content (AvgIpc) is 2.68. The lowest BCUT2D eigenvalue weighted by atomic mass is 10.3. The number of pyridine rings is 1. The first-order valence-electron chi connectivity index (χ1n) is 5.13. The highest BCUT2D eigenvalue weighted by molar-refractivity contribution is 9.10.